The highest BCUT2D eigenvalue weighted by Crippen LogP contribution is 2.47. The SMILES string of the molecule is COC(=O)[C@H]1CC2c3ccccc3NC2[C@@H](c2ccc3c(c2)OCO3)N1. The number of carbonyl (C=O) groups excluding carboxylic acids is 1. The third-order valence-corrected chi connectivity index (χ3v) is 5.59. The molecule has 26 heavy (non-hydrogen) atoms. The van der Waals surface area contributed by atoms with Crippen LogP contribution in [0.3, 0.4) is 0 Å². The summed E-state index contributed by atoms with van der Waals surface area (Å²) in [7, 11) is 1.44. The van der Waals surface area contributed by atoms with Crippen LogP contribution in [0.2, 0.25) is 0 Å². The second-order valence-corrected chi connectivity index (χ2v) is 6.93. The van der Waals surface area contributed by atoms with Gasteiger partial charge in [0, 0.05) is 11.6 Å². The number of benzene rings is 2. The fourth-order valence-electron chi connectivity index (χ4n) is 4.37. The van der Waals surface area contributed by atoms with Gasteiger partial charge in [0.05, 0.1) is 19.2 Å². The first kappa shape index (κ1) is 15.5. The van der Waals surface area contributed by atoms with Gasteiger partial charge in [0.2, 0.25) is 6.79 Å². The molecule has 0 spiro atoms. The zero-order valence-corrected chi connectivity index (χ0v) is 14.4. The molecule has 3 aliphatic rings. The number of rotatable bonds is 2. The molecule has 3 aliphatic heterocycles. The molecule has 6 nitrogen and oxygen atoms in total. The highest BCUT2D eigenvalue weighted by molar-refractivity contribution is 5.77. The minimum atomic E-state index is -0.343. The maximum atomic E-state index is 12.3. The Bertz CT molecular complexity index is 869. The first-order valence-electron chi connectivity index (χ1n) is 8.83. The molecule has 1 saturated heterocycles. The number of methoxy groups -OCH3 is 1. The lowest BCUT2D eigenvalue weighted by atomic mass is 9.79. The van der Waals surface area contributed by atoms with Gasteiger partial charge in [-0.15, -0.1) is 0 Å². The molecule has 2 unspecified atom stereocenters. The topological polar surface area (TPSA) is 68.8 Å². The molecule has 134 valence electrons. The predicted molar refractivity (Wildman–Crippen MR) is 95.5 cm³/mol. The quantitative estimate of drug-likeness (QED) is 0.810. The average molecular weight is 352 g/mol. The summed E-state index contributed by atoms with van der Waals surface area (Å²) in [5.74, 6) is 1.52. The van der Waals surface area contributed by atoms with Gasteiger partial charge in [-0.1, -0.05) is 24.3 Å². The minimum absolute atomic E-state index is 0.0419. The lowest BCUT2D eigenvalue weighted by Crippen LogP contribution is -2.52. The number of piperidine rings is 1. The molecule has 0 aliphatic carbocycles. The number of fused-ring (bicyclic) bond motifs is 4. The molecule has 1 fully saturated rings. The Morgan fingerprint density at radius 1 is 1.15 bits per heavy atom. The monoisotopic (exact) mass is 352 g/mol. The lowest BCUT2D eigenvalue weighted by molar-refractivity contribution is -0.144. The third kappa shape index (κ3) is 2.33. The molecule has 6 heteroatoms. The smallest absolute Gasteiger partial charge is 0.322 e. The van der Waals surface area contributed by atoms with Crippen LogP contribution in [0.25, 0.3) is 0 Å². The van der Waals surface area contributed by atoms with Crippen molar-refractivity contribution in [3.05, 3.63) is 53.6 Å². The first-order valence-corrected chi connectivity index (χ1v) is 8.83. The molecule has 0 bridgehead atoms. The van der Waals surface area contributed by atoms with Gasteiger partial charge in [0.1, 0.15) is 6.04 Å². The van der Waals surface area contributed by atoms with E-state index in [1.54, 1.807) is 0 Å². The summed E-state index contributed by atoms with van der Waals surface area (Å²) in [5.41, 5.74) is 3.47. The summed E-state index contributed by atoms with van der Waals surface area (Å²) >= 11 is 0. The maximum absolute atomic E-state index is 12.3. The number of para-hydroxylation sites is 1. The van der Waals surface area contributed by atoms with Crippen molar-refractivity contribution in [3.63, 3.8) is 0 Å². The molecular formula is C20H20N2O4. The number of hydrogen-bond acceptors (Lipinski definition) is 6. The van der Waals surface area contributed by atoms with Crippen molar-refractivity contribution in [1.82, 2.24) is 5.32 Å². The molecule has 5 rings (SSSR count). The number of esters is 1. The largest absolute Gasteiger partial charge is 0.468 e. The Labute approximate surface area is 151 Å². The Hall–Kier alpha value is -2.73. The zero-order valence-electron chi connectivity index (χ0n) is 14.4. The lowest BCUT2D eigenvalue weighted by Gasteiger charge is -2.39. The van der Waals surface area contributed by atoms with E-state index in [0.717, 1.165) is 22.7 Å². The molecule has 2 aromatic rings. The van der Waals surface area contributed by atoms with Crippen LogP contribution in [0.5, 0.6) is 11.5 Å². The van der Waals surface area contributed by atoms with E-state index in [-0.39, 0.29) is 36.8 Å². The zero-order chi connectivity index (χ0) is 17.7. The Balaban J connectivity index is 1.54. The second-order valence-electron chi connectivity index (χ2n) is 6.93. The Morgan fingerprint density at radius 3 is 2.88 bits per heavy atom. The van der Waals surface area contributed by atoms with Crippen LogP contribution in [0, 0.1) is 0 Å². The van der Waals surface area contributed by atoms with E-state index in [1.807, 2.05) is 30.3 Å². The standard InChI is InChI=1S/C20H20N2O4/c1-24-20(23)15-9-13-12-4-2-3-5-14(12)21-19(13)18(22-15)11-6-7-16-17(8-11)26-10-25-16/h2-8,13,15,18-19,21-22H,9-10H2,1H3/t13?,15-,18-,19?/m1/s1. The number of hydrogen-bond donors (Lipinski definition) is 2. The van der Waals surface area contributed by atoms with Gasteiger partial charge >= 0.3 is 5.97 Å². The minimum Gasteiger partial charge on any atom is -0.468 e. The molecule has 0 radical (unpaired) electrons. The highest BCUT2D eigenvalue weighted by Gasteiger charge is 2.45. The van der Waals surface area contributed by atoms with Crippen molar-refractivity contribution in [3.8, 4) is 11.5 Å². The van der Waals surface area contributed by atoms with Gasteiger partial charge in [0.15, 0.2) is 11.5 Å². The van der Waals surface area contributed by atoms with Crippen LogP contribution in [0.4, 0.5) is 5.69 Å². The van der Waals surface area contributed by atoms with E-state index in [9.17, 15) is 4.79 Å². The molecule has 0 amide bonds. The van der Waals surface area contributed by atoms with Crippen LogP contribution < -0.4 is 20.1 Å². The summed E-state index contributed by atoms with van der Waals surface area (Å²) < 4.78 is 16.0. The molecule has 2 N–H and O–H groups in total. The molecule has 2 aromatic carbocycles. The van der Waals surface area contributed by atoms with Gasteiger partial charge in [-0.25, -0.2) is 0 Å². The maximum Gasteiger partial charge on any atom is 0.322 e. The summed E-state index contributed by atoms with van der Waals surface area (Å²) in [4.78, 5) is 12.3. The number of ether oxygens (including phenoxy) is 3. The summed E-state index contributed by atoms with van der Waals surface area (Å²) in [5, 5.41) is 7.13. The third-order valence-electron chi connectivity index (χ3n) is 5.59. The van der Waals surface area contributed by atoms with Crippen LogP contribution in [-0.4, -0.2) is 32.0 Å². The molecule has 4 atom stereocenters. The average Bonchev–Trinajstić information content (AvgIpc) is 3.30. The van der Waals surface area contributed by atoms with Crippen LogP contribution >= 0.6 is 0 Å². The van der Waals surface area contributed by atoms with E-state index in [4.69, 9.17) is 14.2 Å². The number of carbonyl (C=O) groups is 1. The van der Waals surface area contributed by atoms with Crippen molar-refractivity contribution in [2.24, 2.45) is 0 Å². The molecule has 0 aromatic heterocycles. The number of anilines is 1. The van der Waals surface area contributed by atoms with E-state index < -0.39 is 0 Å². The van der Waals surface area contributed by atoms with Gasteiger partial charge in [0.25, 0.3) is 0 Å². The van der Waals surface area contributed by atoms with Crippen molar-refractivity contribution in [2.75, 3.05) is 19.2 Å². The summed E-state index contributed by atoms with van der Waals surface area (Å²) in [6, 6.07) is 14.1. The molecule has 0 saturated carbocycles. The summed E-state index contributed by atoms with van der Waals surface area (Å²) in [6.45, 7) is 0.247. The van der Waals surface area contributed by atoms with Crippen molar-refractivity contribution in [1.29, 1.82) is 0 Å². The van der Waals surface area contributed by atoms with E-state index in [1.165, 1.54) is 12.7 Å². The van der Waals surface area contributed by atoms with Gasteiger partial charge in [-0.05, 0) is 35.7 Å². The first-order chi connectivity index (χ1) is 12.7. The van der Waals surface area contributed by atoms with E-state index >= 15 is 0 Å². The Morgan fingerprint density at radius 2 is 2.00 bits per heavy atom. The van der Waals surface area contributed by atoms with Crippen LogP contribution in [-0.2, 0) is 9.53 Å². The molecule has 3 heterocycles. The van der Waals surface area contributed by atoms with Gasteiger partial charge in [-0.2, -0.15) is 0 Å². The fraction of sp³-hybridized carbons (Fsp3) is 0.350. The van der Waals surface area contributed by atoms with Crippen molar-refractivity contribution in [2.45, 2.75) is 30.5 Å². The van der Waals surface area contributed by atoms with E-state index in [2.05, 4.69) is 22.8 Å². The van der Waals surface area contributed by atoms with Crippen molar-refractivity contribution < 1.29 is 19.0 Å². The predicted octanol–water partition coefficient (Wildman–Crippen LogP) is 2.57. The van der Waals surface area contributed by atoms with Crippen LogP contribution in [0.1, 0.15) is 29.5 Å². The normalized spacial score (nSPS) is 28.0. The van der Waals surface area contributed by atoms with Crippen molar-refractivity contribution >= 4 is 11.7 Å². The Kier molecular flexibility index (Phi) is 3.53. The second kappa shape index (κ2) is 5.92. The highest BCUT2D eigenvalue weighted by atomic mass is 16.7. The molecular weight excluding hydrogens is 332 g/mol. The van der Waals surface area contributed by atoms with Crippen LogP contribution in [0.15, 0.2) is 42.5 Å². The summed E-state index contributed by atoms with van der Waals surface area (Å²) in [6.07, 6.45) is 0.711. The van der Waals surface area contributed by atoms with Gasteiger partial charge < -0.3 is 19.5 Å². The van der Waals surface area contributed by atoms with Gasteiger partial charge in [-0.3, -0.25) is 10.1 Å². The van der Waals surface area contributed by atoms with E-state index in [0.29, 0.717) is 6.42 Å². The fourth-order valence-corrected chi connectivity index (χ4v) is 4.37. The number of nitrogens with one attached hydrogen (secondary N) is 2.